The molecule has 1 aromatic heterocycles. The first-order valence-electron chi connectivity index (χ1n) is 9.10. The molecule has 0 spiro atoms. The van der Waals surface area contributed by atoms with Crippen molar-refractivity contribution < 1.29 is 9.53 Å². The molecule has 1 amide bonds. The summed E-state index contributed by atoms with van der Waals surface area (Å²) in [6.45, 7) is 4.66. The van der Waals surface area contributed by atoms with E-state index >= 15 is 0 Å². The van der Waals surface area contributed by atoms with Gasteiger partial charge < -0.3 is 14.5 Å². The summed E-state index contributed by atoms with van der Waals surface area (Å²) in [6, 6.07) is 9.73. The van der Waals surface area contributed by atoms with Gasteiger partial charge in [0.05, 0.1) is 12.5 Å². The van der Waals surface area contributed by atoms with Gasteiger partial charge in [0.2, 0.25) is 11.9 Å². The zero-order valence-corrected chi connectivity index (χ0v) is 15.5. The third kappa shape index (κ3) is 4.50. The molecular weight excluding hydrogens is 328 g/mol. The zero-order chi connectivity index (χ0) is 18.4. The summed E-state index contributed by atoms with van der Waals surface area (Å²) in [4.78, 5) is 25.3. The van der Waals surface area contributed by atoms with Crippen LogP contribution in [0.1, 0.15) is 18.4 Å². The van der Waals surface area contributed by atoms with Crippen LogP contribution in [0, 0.1) is 12.8 Å². The largest absolute Gasteiger partial charge is 0.491 e. The first-order chi connectivity index (χ1) is 12.6. The molecule has 0 N–H and O–H groups in total. The maximum absolute atomic E-state index is 12.8. The number of para-hydroxylation sites is 1. The molecule has 6 heteroatoms. The van der Waals surface area contributed by atoms with Crippen molar-refractivity contribution in [2.45, 2.75) is 19.8 Å². The van der Waals surface area contributed by atoms with E-state index in [9.17, 15) is 4.79 Å². The van der Waals surface area contributed by atoms with Crippen molar-refractivity contribution in [3.8, 4) is 5.75 Å². The summed E-state index contributed by atoms with van der Waals surface area (Å²) >= 11 is 0. The predicted octanol–water partition coefficient (Wildman–Crippen LogP) is 2.54. The molecule has 1 unspecified atom stereocenters. The minimum absolute atomic E-state index is 0.0176. The van der Waals surface area contributed by atoms with Crippen LogP contribution in [0.3, 0.4) is 0 Å². The lowest BCUT2D eigenvalue weighted by atomic mass is 9.97. The van der Waals surface area contributed by atoms with Gasteiger partial charge in [-0.25, -0.2) is 9.97 Å². The van der Waals surface area contributed by atoms with E-state index < -0.39 is 0 Å². The van der Waals surface area contributed by atoms with Gasteiger partial charge in [0.25, 0.3) is 0 Å². The van der Waals surface area contributed by atoms with Gasteiger partial charge in [-0.2, -0.15) is 0 Å². The Morgan fingerprint density at radius 3 is 2.81 bits per heavy atom. The fourth-order valence-electron chi connectivity index (χ4n) is 3.25. The van der Waals surface area contributed by atoms with E-state index in [-0.39, 0.29) is 11.8 Å². The van der Waals surface area contributed by atoms with Crippen LogP contribution in [0.4, 0.5) is 5.95 Å². The topological polar surface area (TPSA) is 58.6 Å². The van der Waals surface area contributed by atoms with Crippen LogP contribution >= 0.6 is 0 Å². The van der Waals surface area contributed by atoms with Gasteiger partial charge in [0, 0.05) is 32.5 Å². The summed E-state index contributed by atoms with van der Waals surface area (Å²) in [6.07, 6.45) is 5.36. The molecule has 1 aliphatic rings. The fraction of sp³-hybridized carbons (Fsp3) is 0.450. The summed E-state index contributed by atoms with van der Waals surface area (Å²) in [5.74, 6) is 1.73. The second-order valence-corrected chi connectivity index (χ2v) is 6.71. The second-order valence-electron chi connectivity index (χ2n) is 6.71. The fourth-order valence-corrected chi connectivity index (χ4v) is 3.25. The molecule has 1 aliphatic heterocycles. The van der Waals surface area contributed by atoms with E-state index in [1.54, 1.807) is 23.4 Å². The molecule has 2 heterocycles. The number of carbonyl (C=O) groups excluding carboxylic acids is 1. The van der Waals surface area contributed by atoms with E-state index in [2.05, 4.69) is 14.9 Å². The number of amides is 1. The molecular formula is C20H26N4O2. The van der Waals surface area contributed by atoms with Crippen LogP contribution in [0.15, 0.2) is 42.7 Å². The average Bonchev–Trinajstić information content (AvgIpc) is 2.69. The lowest BCUT2D eigenvalue weighted by Crippen LogP contribution is -2.45. The molecule has 0 aliphatic carbocycles. The van der Waals surface area contributed by atoms with E-state index in [1.165, 1.54) is 0 Å². The first-order valence-corrected chi connectivity index (χ1v) is 9.10. The maximum atomic E-state index is 12.8. The Morgan fingerprint density at radius 2 is 2.04 bits per heavy atom. The Kier molecular flexibility index (Phi) is 6.04. The molecule has 1 saturated heterocycles. The minimum Gasteiger partial charge on any atom is -0.491 e. The van der Waals surface area contributed by atoms with Crippen molar-refractivity contribution in [1.82, 2.24) is 14.9 Å². The van der Waals surface area contributed by atoms with Crippen LogP contribution < -0.4 is 9.64 Å². The van der Waals surface area contributed by atoms with E-state index in [1.807, 2.05) is 38.2 Å². The summed E-state index contributed by atoms with van der Waals surface area (Å²) in [5, 5.41) is 0. The van der Waals surface area contributed by atoms with Crippen molar-refractivity contribution in [1.29, 1.82) is 0 Å². The Labute approximate surface area is 154 Å². The van der Waals surface area contributed by atoms with Crippen molar-refractivity contribution in [3.63, 3.8) is 0 Å². The summed E-state index contributed by atoms with van der Waals surface area (Å²) < 4.78 is 5.81. The monoisotopic (exact) mass is 354 g/mol. The lowest BCUT2D eigenvalue weighted by Gasteiger charge is -2.33. The highest BCUT2D eigenvalue weighted by Crippen LogP contribution is 2.21. The van der Waals surface area contributed by atoms with Crippen LogP contribution in [0.2, 0.25) is 0 Å². The number of rotatable bonds is 6. The molecule has 1 aromatic carbocycles. The standard InChI is InChI=1S/C20H26N4O2/c1-16-7-3-4-9-18(16)26-14-13-23(2)19(25)17-8-5-12-24(15-17)20-21-10-6-11-22-20/h3-4,6-7,9-11,17H,5,8,12-15H2,1-2H3. The molecule has 138 valence electrons. The van der Waals surface area contributed by atoms with Crippen molar-refractivity contribution >= 4 is 11.9 Å². The Morgan fingerprint density at radius 1 is 1.27 bits per heavy atom. The van der Waals surface area contributed by atoms with E-state index in [4.69, 9.17) is 4.74 Å². The summed E-state index contributed by atoms with van der Waals surface area (Å²) in [7, 11) is 1.85. The quantitative estimate of drug-likeness (QED) is 0.798. The number of likely N-dealkylation sites (N-methyl/N-ethyl adjacent to an activating group) is 1. The number of hydrogen-bond donors (Lipinski definition) is 0. The van der Waals surface area contributed by atoms with E-state index in [0.717, 1.165) is 30.7 Å². The van der Waals surface area contributed by atoms with Gasteiger partial charge in [-0.1, -0.05) is 18.2 Å². The number of ether oxygens (including phenoxy) is 1. The highest BCUT2D eigenvalue weighted by Gasteiger charge is 2.28. The number of hydrogen-bond acceptors (Lipinski definition) is 5. The van der Waals surface area contributed by atoms with Crippen molar-refractivity contribution in [3.05, 3.63) is 48.3 Å². The van der Waals surface area contributed by atoms with Gasteiger partial charge in [-0.15, -0.1) is 0 Å². The minimum atomic E-state index is -0.0176. The van der Waals surface area contributed by atoms with Crippen molar-refractivity contribution in [2.24, 2.45) is 5.92 Å². The molecule has 3 rings (SSSR count). The smallest absolute Gasteiger partial charge is 0.227 e. The molecule has 0 saturated carbocycles. The van der Waals surface area contributed by atoms with Gasteiger partial charge in [0.1, 0.15) is 12.4 Å². The van der Waals surface area contributed by atoms with Crippen LogP contribution in [-0.4, -0.2) is 54.1 Å². The van der Waals surface area contributed by atoms with Gasteiger partial charge >= 0.3 is 0 Å². The second kappa shape index (κ2) is 8.65. The molecule has 1 fully saturated rings. The number of aromatic nitrogens is 2. The average molecular weight is 354 g/mol. The summed E-state index contributed by atoms with van der Waals surface area (Å²) in [5.41, 5.74) is 1.10. The Balaban J connectivity index is 1.50. The van der Waals surface area contributed by atoms with Crippen LogP contribution in [-0.2, 0) is 4.79 Å². The Hall–Kier alpha value is -2.63. The van der Waals surface area contributed by atoms with Gasteiger partial charge in [-0.3, -0.25) is 4.79 Å². The van der Waals surface area contributed by atoms with Crippen LogP contribution in [0.25, 0.3) is 0 Å². The zero-order valence-electron chi connectivity index (χ0n) is 15.5. The number of piperidine rings is 1. The molecule has 0 radical (unpaired) electrons. The SMILES string of the molecule is Cc1ccccc1OCCN(C)C(=O)C1CCCN(c2ncccn2)C1. The highest BCUT2D eigenvalue weighted by molar-refractivity contribution is 5.79. The third-order valence-corrected chi connectivity index (χ3v) is 4.76. The molecule has 26 heavy (non-hydrogen) atoms. The number of aryl methyl sites for hydroxylation is 1. The number of carbonyl (C=O) groups is 1. The normalized spacial score (nSPS) is 17.0. The van der Waals surface area contributed by atoms with Gasteiger partial charge in [-0.05, 0) is 37.5 Å². The third-order valence-electron chi connectivity index (χ3n) is 4.76. The highest BCUT2D eigenvalue weighted by atomic mass is 16.5. The molecule has 6 nitrogen and oxygen atoms in total. The Bertz CT molecular complexity index is 723. The van der Waals surface area contributed by atoms with Gasteiger partial charge in [0.15, 0.2) is 0 Å². The lowest BCUT2D eigenvalue weighted by molar-refractivity contribution is -0.134. The number of nitrogens with zero attached hydrogens (tertiary/aromatic N) is 4. The van der Waals surface area contributed by atoms with Crippen molar-refractivity contribution in [2.75, 3.05) is 38.2 Å². The molecule has 1 atom stereocenters. The first kappa shape index (κ1) is 18.2. The molecule has 0 bridgehead atoms. The number of benzene rings is 1. The van der Waals surface area contributed by atoms with Crippen LogP contribution in [0.5, 0.6) is 5.75 Å². The molecule has 2 aromatic rings. The predicted molar refractivity (Wildman–Crippen MR) is 101 cm³/mol. The maximum Gasteiger partial charge on any atom is 0.227 e. The van der Waals surface area contributed by atoms with E-state index in [0.29, 0.717) is 25.6 Å². The number of anilines is 1.